The van der Waals surface area contributed by atoms with Crippen molar-refractivity contribution in [1.29, 1.82) is 0 Å². The molecule has 1 aromatic carbocycles. The van der Waals surface area contributed by atoms with Crippen LogP contribution in [0.3, 0.4) is 0 Å². The predicted molar refractivity (Wildman–Crippen MR) is 61.2 cm³/mol. The predicted octanol–water partition coefficient (Wildman–Crippen LogP) is 2.92. The summed E-state index contributed by atoms with van der Waals surface area (Å²) in [4.78, 5) is 0. The molecule has 0 aliphatic heterocycles. The van der Waals surface area contributed by atoms with Crippen LogP contribution in [0.5, 0.6) is 5.75 Å². The van der Waals surface area contributed by atoms with Gasteiger partial charge in [0.05, 0.1) is 6.61 Å². The summed E-state index contributed by atoms with van der Waals surface area (Å²) in [6.45, 7) is 7.85. The lowest BCUT2D eigenvalue weighted by Crippen LogP contribution is -2.27. The summed E-state index contributed by atoms with van der Waals surface area (Å²) in [5.74, 6) is 0.909. The van der Waals surface area contributed by atoms with E-state index in [1.807, 2.05) is 30.3 Å². The van der Waals surface area contributed by atoms with Gasteiger partial charge in [0, 0.05) is 0 Å². The molecule has 0 aromatic heterocycles. The molecule has 0 aliphatic rings. The van der Waals surface area contributed by atoms with Crippen LogP contribution in [0.15, 0.2) is 30.3 Å². The molecule has 0 saturated carbocycles. The summed E-state index contributed by atoms with van der Waals surface area (Å²) in [6, 6.07) is 9.82. The van der Waals surface area contributed by atoms with E-state index in [1.54, 1.807) is 0 Å². The van der Waals surface area contributed by atoms with Gasteiger partial charge in [-0.15, -0.1) is 0 Å². The average molecular weight is 210 g/mol. The summed E-state index contributed by atoms with van der Waals surface area (Å²) in [5, 5.41) is 0. The van der Waals surface area contributed by atoms with E-state index in [2.05, 4.69) is 19.6 Å². The Morgan fingerprint density at radius 2 is 1.64 bits per heavy atom. The standard InChI is InChI=1S/C11H18O2Si/c1-14(2,3)13-10-9-12-11-7-5-4-6-8-11/h4-8H,9-10H2,1-3H3. The Hall–Kier alpha value is -0.803. The smallest absolute Gasteiger partial charge is 0.183 e. The third-order valence-electron chi connectivity index (χ3n) is 1.63. The van der Waals surface area contributed by atoms with Gasteiger partial charge in [-0.2, -0.15) is 0 Å². The van der Waals surface area contributed by atoms with E-state index in [9.17, 15) is 0 Å². The Labute approximate surface area is 87.0 Å². The first-order valence-electron chi connectivity index (χ1n) is 4.90. The summed E-state index contributed by atoms with van der Waals surface area (Å²) in [7, 11) is -1.38. The van der Waals surface area contributed by atoms with Gasteiger partial charge < -0.3 is 9.16 Å². The van der Waals surface area contributed by atoms with Crippen molar-refractivity contribution in [3.8, 4) is 5.75 Å². The molecule has 0 heterocycles. The van der Waals surface area contributed by atoms with Crippen molar-refractivity contribution in [2.75, 3.05) is 13.2 Å². The molecular formula is C11H18O2Si. The zero-order valence-corrected chi connectivity index (χ0v) is 10.1. The molecule has 3 heteroatoms. The van der Waals surface area contributed by atoms with E-state index in [0.717, 1.165) is 5.75 Å². The molecule has 0 atom stereocenters. The Balaban J connectivity index is 2.17. The van der Waals surface area contributed by atoms with Crippen LogP contribution in [0.25, 0.3) is 0 Å². The van der Waals surface area contributed by atoms with E-state index in [1.165, 1.54) is 0 Å². The van der Waals surface area contributed by atoms with Crippen LogP contribution in [0.2, 0.25) is 19.6 Å². The largest absolute Gasteiger partial charge is 0.491 e. The topological polar surface area (TPSA) is 18.5 Å². The molecule has 2 nitrogen and oxygen atoms in total. The highest BCUT2D eigenvalue weighted by Gasteiger charge is 2.13. The highest BCUT2D eigenvalue weighted by molar-refractivity contribution is 6.69. The van der Waals surface area contributed by atoms with Crippen LogP contribution in [0, 0.1) is 0 Å². The van der Waals surface area contributed by atoms with E-state index in [0.29, 0.717) is 13.2 Å². The van der Waals surface area contributed by atoms with Crippen molar-refractivity contribution >= 4 is 8.32 Å². The molecule has 0 amide bonds. The van der Waals surface area contributed by atoms with Gasteiger partial charge in [-0.1, -0.05) is 18.2 Å². The molecule has 1 rings (SSSR count). The van der Waals surface area contributed by atoms with Gasteiger partial charge >= 0.3 is 0 Å². The van der Waals surface area contributed by atoms with Crippen molar-refractivity contribution in [2.45, 2.75) is 19.6 Å². The Kier molecular flexibility index (Phi) is 4.16. The molecule has 78 valence electrons. The minimum absolute atomic E-state index is 0.633. The average Bonchev–Trinajstić information content (AvgIpc) is 2.13. The summed E-state index contributed by atoms with van der Waals surface area (Å²) in [6.07, 6.45) is 0. The van der Waals surface area contributed by atoms with Gasteiger partial charge in [0.15, 0.2) is 8.32 Å². The lowest BCUT2D eigenvalue weighted by atomic mass is 10.3. The number of para-hydroxylation sites is 1. The van der Waals surface area contributed by atoms with Crippen LogP contribution in [0.4, 0.5) is 0 Å². The fourth-order valence-corrected chi connectivity index (χ4v) is 1.72. The highest BCUT2D eigenvalue weighted by atomic mass is 28.4. The van der Waals surface area contributed by atoms with E-state index in [-0.39, 0.29) is 0 Å². The van der Waals surface area contributed by atoms with Gasteiger partial charge in [-0.05, 0) is 31.8 Å². The molecule has 0 spiro atoms. The zero-order chi connectivity index (χ0) is 10.4. The first kappa shape index (κ1) is 11.3. The van der Waals surface area contributed by atoms with Crippen LogP contribution in [-0.4, -0.2) is 21.5 Å². The van der Waals surface area contributed by atoms with Crippen molar-refractivity contribution in [1.82, 2.24) is 0 Å². The van der Waals surface area contributed by atoms with Gasteiger partial charge in [0.1, 0.15) is 12.4 Å². The SMILES string of the molecule is C[Si](C)(C)OCCOc1ccccc1. The highest BCUT2D eigenvalue weighted by Crippen LogP contribution is 2.08. The summed E-state index contributed by atoms with van der Waals surface area (Å²) in [5.41, 5.74) is 0. The second-order valence-corrected chi connectivity index (χ2v) is 8.64. The fraction of sp³-hybridized carbons (Fsp3) is 0.455. The van der Waals surface area contributed by atoms with Crippen molar-refractivity contribution in [3.05, 3.63) is 30.3 Å². The second kappa shape index (κ2) is 5.17. The first-order valence-corrected chi connectivity index (χ1v) is 8.30. The maximum absolute atomic E-state index is 5.66. The summed E-state index contributed by atoms with van der Waals surface area (Å²) < 4.78 is 11.2. The van der Waals surface area contributed by atoms with E-state index >= 15 is 0 Å². The number of rotatable bonds is 5. The second-order valence-electron chi connectivity index (χ2n) is 4.12. The minimum Gasteiger partial charge on any atom is -0.491 e. The van der Waals surface area contributed by atoms with E-state index < -0.39 is 8.32 Å². The molecule has 0 bridgehead atoms. The molecule has 0 unspecified atom stereocenters. The van der Waals surface area contributed by atoms with Crippen molar-refractivity contribution in [2.24, 2.45) is 0 Å². The number of ether oxygens (including phenoxy) is 1. The third kappa shape index (κ3) is 5.04. The molecule has 0 N–H and O–H groups in total. The maximum atomic E-state index is 5.66. The lowest BCUT2D eigenvalue weighted by molar-refractivity contribution is 0.212. The molecular weight excluding hydrogens is 192 g/mol. The van der Waals surface area contributed by atoms with Crippen molar-refractivity contribution in [3.63, 3.8) is 0 Å². The normalized spacial score (nSPS) is 11.4. The Morgan fingerprint density at radius 3 is 2.21 bits per heavy atom. The van der Waals surface area contributed by atoms with Gasteiger partial charge in [0.2, 0.25) is 0 Å². The molecule has 0 aliphatic carbocycles. The van der Waals surface area contributed by atoms with Gasteiger partial charge in [-0.25, -0.2) is 0 Å². The number of benzene rings is 1. The molecule has 0 radical (unpaired) electrons. The van der Waals surface area contributed by atoms with Crippen LogP contribution in [-0.2, 0) is 4.43 Å². The quantitative estimate of drug-likeness (QED) is 0.549. The number of hydrogen-bond acceptors (Lipinski definition) is 2. The summed E-state index contributed by atoms with van der Waals surface area (Å²) >= 11 is 0. The molecule has 0 fully saturated rings. The number of hydrogen-bond donors (Lipinski definition) is 0. The fourth-order valence-electron chi connectivity index (χ4n) is 1.02. The molecule has 0 saturated heterocycles. The zero-order valence-electron chi connectivity index (χ0n) is 9.12. The Bertz CT molecular complexity index is 254. The van der Waals surface area contributed by atoms with E-state index in [4.69, 9.17) is 9.16 Å². The van der Waals surface area contributed by atoms with Gasteiger partial charge in [0.25, 0.3) is 0 Å². The Morgan fingerprint density at radius 1 is 1.00 bits per heavy atom. The molecule has 1 aromatic rings. The molecule has 14 heavy (non-hydrogen) atoms. The third-order valence-corrected chi connectivity index (χ3v) is 2.70. The van der Waals surface area contributed by atoms with Gasteiger partial charge in [-0.3, -0.25) is 0 Å². The van der Waals surface area contributed by atoms with Crippen LogP contribution < -0.4 is 4.74 Å². The minimum atomic E-state index is -1.38. The first-order chi connectivity index (χ1) is 6.58. The van der Waals surface area contributed by atoms with Crippen LogP contribution >= 0.6 is 0 Å². The van der Waals surface area contributed by atoms with Crippen molar-refractivity contribution < 1.29 is 9.16 Å². The maximum Gasteiger partial charge on any atom is 0.183 e. The monoisotopic (exact) mass is 210 g/mol. The van der Waals surface area contributed by atoms with Crippen LogP contribution in [0.1, 0.15) is 0 Å². The lowest BCUT2D eigenvalue weighted by Gasteiger charge is -2.17.